The van der Waals surface area contributed by atoms with Crippen LogP contribution in [0, 0.1) is 5.92 Å². The molecule has 2 atom stereocenters. The fourth-order valence-corrected chi connectivity index (χ4v) is 3.14. The molecule has 2 nitrogen and oxygen atoms in total. The van der Waals surface area contributed by atoms with Gasteiger partial charge < -0.3 is 4.90 Å². The van der Waals surface area contributed by atoms with Gasteiger partial charge in [0.1, 0.15) is 0 Å². The Labute approximate surface area is 96.3 Å². The lowest BCUT2D eigenvalue weighted by atomic mass is 9.78. The SMILES string of the molecule is C=C(Cl)C(=O)N1CCC[C@@H]2CCCC[C@@H]21. The van der Waals surface area contributed by atoms with Gasteiger partial charge >= 0.3 is 0 Å². The number of hydrogen-bond acceptors (Lipinski definition) is 1. The molecule has 1 amide bonds. The lowest BCUT2D eigenvalue weighted by Crippen LogP contribution is -2.49. The predicted molar refractivity (Wildman–Crippen MR) is 61.7 cm³/mol. The van der Waals surface area contributed by atoms with Crippen LogP contribution in [0.2, 0.25) is 0 Å². The van der Waals surface area contributed by atoms with E-state index in [0.29, 0.717) is 12.0 Å². The molecule has 0 radical (unpaired) electrons. The van der Waals surface area contributed by atoms with Crippen LogP contribution in [-0.2, 0) is 4.79 Å². The molecule has 1 saturated heterocycles. The maximum absolute atomic E-state index is 11.8. The van der Waals surface area contributed by atoms with Crippen LogP contribution in [0.4, 0.5) is 0 Å². The Morgan fingerprint density at radius 1 is 1.20 bits per heavy atom. The first-order chi connectivity index (χ1) is 7.20. The smallest absolute Gasteiger partial charge is 0.264 e. The molecule has 0 unspecified atom stereocenters. The second-order valence-corrected chi connectivity index (χ2v) is 5.11. The second-order valence-electron chi connectivity index (χ2n) is 4.66. The van der Waals surface area contributed by atoms with Gasteiger partial charge in [-0.05, 0) is 31.6 Å². The molecule has 1 aliphatic carbocycles. The van der Waals surface area contributed by atoms with Crippen LogP contribution >= 0.6 is 11.6 Å². The zero-order valence-electron chi connectivity index (χ0n) is 9.04. The Morgan fingerprint density at radius 3 is 2.60 bits per heavy atom. The molecule has 2 rings (SSSR count). The number of piperidine rings is 1. The van der Waals surface area contributed by atoms with Crippen molar-refractivity contribution in [2.45, 2.75) is 44.6 Å². The summed E-state index contributed by atoms with van der Waals surface area (Å²) in [6.07, 6.45) is 7.41. The first kappa shape index (κ1) is 11.0. The molecular formula is C12H18ClNO. The average molecular weight is 228 g/mol. The molecule has 0 aromatic heterocycles. The number of carbonyl (C=O) groups is 1. The van der Waals surface area contributed by atoms with Gasteiger partial charge in [-0.3, -0.25) is 4.79 Å². The van der Waals surface area contributed by atoms with Crippen LogP contribution in [0.1, 0.15) is 38.5 Å². The summed E-state index contributed by atoms with van der Waals surface area (Å²) in [5.41, 5.74) is 0. The van der Waals surface area contributed by atoms with E-state index in [1.54, 1.807) is 0 Å². The standard InChI is InChI=1S/C12H18ClNO/c1-9(13)12(15)14-8-4-6-10-5-2-3-7-11(10)14/h10-11H,1-8H2/t10-,11-/m0/s1. The molecule has 1 saturated carbocycles. The number of nitrogens with zero attached hydrogens (tertiary/aromatic N) is 1. The highest BCUT2D eigenvalue weighted by Crippen LogP contribution is 2.35. The van der Waals surface area contributed by atoms with Crippen molar-refractivity contribution in [3.8, 4) is 0 Å². The summed E-state index contributed by atoms with van der Waals surface area (Å²) in [5.74, 6) is 0.667. The van der Waals surface area contributed by atoms with Crippen molar-refractivity contribution in [1.29, 1.82) is 0 Å². The summed E-state index contributed by atoms with van der Waals surface area (Å²) >= 11 is 5.71. The molecule has 15 heavy (non-hydrogen) atoms. The maximum Gasteiger partial charge on any atom is 0.264 e. The number of likely N-dealkylation sites (tertiary alicyclic amines) is 1. The normalized spacial score (nSPS) is 30.9. The van der Waals surface area contributed by atoms with Crippen molar-refractivity contribution < 1.29 is 4.79 Å². The van der Waals surface area contributed by atoms with Crippen molar-refractivity contribution in [3.05, 3.63) is 11.6 Å². The van der Waals surface area contributed by atoms with E-state index in [2.05, 4.69) is 6.58 Å². The molecule has 3 heteroatoms. The molecule has 0 aromatic rings. The average Bonchev–Trinajstić information content (AvgIpc) is 2.27. The van der Waals surface area contributed by atoms with Crippen LogP contribution in [-0.4, -0.2) is 23.4 Å². The van der Waals surface area contributed by atoms with Crippen molar-refractivity contribution in [2.24, 2.45) is 5.92 Å². The Morgan fingerprint density at radius 2 is 1.87 bits per heavy atom. The third kappa shape index (κ3) is 2.20. The highest BCUT2D eigenvalue weighted by molar-refractivity contribution is 6.41. The van der Waals surface area contributed by atoms with E-state index in [9.17, 15) is 4.79 Å². The van der Waals surface area contributed by atoms with E-state index in [4.69, 9.17) is 11.6 Å². The minimum atomic E-state index is -0.0479. The number of amides is 1. The lowest BCUT2D eigenvalue weighted by Gasteiger charge is -2.44. The Balaban J connectivity index is 2.09. The summed E-state index contributed by atoms with van der Waals surface area (Å²) in [5, 5.41) is 0.168. The van der Waals surface area contributed by atoms with Crippen molar-refractivity contribution in [2.75, 3.05) is 6.54 Å². The third-order valence-corrected chi connectivity index (χ3v) is 3.90. The van der Waals surface area contributed by atoms with Crippen LogP contribution < -0.4 is 0 Å². The van der Waals surface area contributed by atoms with E-state index in [1.165, 1.54) is 25.7 Å². The summed E-state index contributed by atoms with van der Waals surface area (Å²) in [4.78, 5) is 13.8. The van der Waals surface area contributed by atoms with Gasteiger partial charge in [0.15, 0.2) is 0 Å². The van der Waals surface area contributed by atoms with Gasteiger partial charge in [0.05, 0.1) is 5.03 Å². The van der Waals surface area contributed by atoms with Crippen molar-refractivity contribution in [3.63, 3.8) is 0 Å². The molecule has 0 N–H and O–H groups in total. The summed E-state index contributed by atoms with van der Waals surface area (Å²) in [6.45, 7) is 4.41. The fourth-order valence-electron chi connectivity index (χ4n) is 3.03. The van der Waals surface area contributed by atoms with Gasteiger partial charge in [-0.2, -0.15) is 0 Å². The lowest BCUT2D eigenvalue weighted by molar-refractivity contribution is -0.132. The van der Waals surface area contributed by atoms with Crippen LogP contribution in [0.5, 0.6) is 0 Å². The minimum Gasteiger partial charge on any atom is -0.335 e. The number of fused-ring (bicyclic) bond motifs is 1. The van der Waals surface area contributed by atoms with Crippen LogP contribution in [0.15, 0.2) is 11.6 Å². The number of rotatable bonds is 1. The molecular weight excluding hydrogens is 210 g/mol. The first-order valence-corrected chi connectivity index (χ1v) is 6.23. The minimum absolute atomic E-state index is 0.0479. The maximum atomic E-state index is 11.8. The molecule has 0 spiro atoms. The summed E-state index contributed by atoms with van der Waals surface area (Å²) in [6, 6.07) is 0.440. The monoisotopic (exact) mass is 227 g/mol. The van der Waals surface area contributed by atoms with E-state index in [-0.39, 0.29) is 10.9 Å². The zero-order chi connectivity index (χ0) is 10.8. The molecule has 2 aliphatic rings. The van der Waals surface area contributed by atoms with Crippen molar-refractivity contribution in [1.82, 2.24) is 4.90 Å². The number of hydrogen-bond donors (Lipinski definition) is 0. The molecule has 84 valence electrons. The zero-order valence-corrected chi connectivity index (χ0v) is 9.80. The predicted octanol–water partition coefficient (Wildman–Crippen LogP) is 2.92. The Hall–Kier alpha value is -0.500. The summed E-state index contributed by atoms with van der Waals surface area (Å²) < 4.78 is 0. The van der Waals surface area contributed by atoms with Crippen molar-refractivity contribution >= 4 is 17.5 Å². The number of halogens is 1. The van der Waals surface area contributed by atoms with E-state index >= 15 is 0 Å². The quantitative estimate of drug-likeness (QED) is 0.631. The Bertz CT molecular complexity index is 275. The molecule has 0 aromatic carbocycles. The van der Waals surface area contributed by atoms with Crippen LogP contribution in [0.25, 0.3) is 0 Å². The second kappa shape index (κ2) is 4.56. The van der Waals surface area contributed by atoms with E-state index < -0.39 is 0 Å². The van der Waals surface area contributed by atoms with Gasteiger partial charge in [0.2, 0.25) is 0 Å². The highest BCUT2D eigenvalue weighted by Gasteiger charge is 2.35. The van der Waals surface area contributed by atoms with Crippen LogP contribution in [0.3, 0.4) is 0 Å². The number of carbonyl (C=O) groups excluding carboxylic acids is 1. The molecule has 1 heterocycles. The molecule has 1 aliphatic heterocycles. The van der Waals surface area contributed by atoms with Gasteiger partial charge in [-0.1, -0.05) is 31.0 Å². The molecule has 0 bridgehead atoms. The van der Waals surface area contributed by atoms with E-state index in [1.807, 2.05) is 4.90 Å². The Kier molecular flexibility index (Phi) is 3.35. The van der Waals surface area contributed by atoms with E-state index in [0.717, 1.165) is 19.4 Å². The van der Waals surface area contributed by atoms with Gasteiger partial charge in [0.25, 0.3) is 5.91 Å². The topological polar surface area (TPSA) is 20.3 Å². The third-order valence-electron chi connectivity index (χ3n) is 3.74. The highest BCUT2D eigenvalue weighted by atomic mass is 35.5. The van der Waals surface area contributed by atoms with Gasteiger partial charge in [0, 0.05) is 12.6 Å². The molecule has 2 fully saturated rings. The van der Waals surface area contributed by atoms with Gasteiger partial charge in [-0.25, -0.2) is 0 Å². The van der Waals surface area contributed by atoms with Gasteiger partial charge in [-0.15, -0.1) is 0 Å². The largest absolute Gasteiger partial charge is 0.335 e. The first-order valence-electron chi connectivity index (χ1n) is 5.85. The fraction of sp³-hybridized carbons (Fsp3) is 0.750. The summed E-state index contributed by atoms with van der Waals surface area (Å²) in [7, 11) is 0.